The van der Waals surface area contributed by atoms with E-state index in [0.29, 0.717) is 65.4 Å². The first kappa shape index (κ1) is 38.6. The van der Waals surface area contributed by atoms with Crippen LogP contribution in [0.4, 0.5) is 22.5 Å². The van der Waals surface area contributed by atoms with E-state index in [-0.39, 0.29) is 30.4 Å². The third-order valence-corrected chi connectivity index (χ3v) is 9.26. The second-order valence-corrected chi connectivity index (χ2v) is 13.2. The minimum atomic E-state index is -0.492. The van der Waals surface area contributed by atoms with Crippen molar-refractivity contribution in [1.29, 1.82) is 0 Å². The molecule has 2 amide bonds. The van der Waals surface area contributed by atoms with Crippen molar-refractivity contribution in [3.63, 3.8) is 0 Å². The Bertz CT molecular complexity index is 1780. The molecule has 0 spiro atoms. The van der Waals surface area contributed by atoms with Gasteiger partial charge in [-0.05, 0) is 37.6 Å². The number of thiazole rings is 1. The first-order valence-corrected chi connectivity index (χ1v) is 18.0. The van der Waals surface area contributed by atoms with Crippen LogP contribution in [0.25, 0.3) is 0 Å². The number of nitrogens with one attached hydrogen (secondary N) is 3. The van der Waals surface area contributed by atoms with Crippen molar-refractivity contribution in [2.75, 3.05) is 94.4 Å². The Morgan fingerprint density at radius 3 is 2.37 bits per heavy atom. The molecule has 1 saturated heterocycles. The highest BCUT2D eigenvalue weighted by molar-refractivity contribution is 7.17. The van der Waals surface area contributed by atoms with E-state index < -0.39 is 11.7 Å². The molecule has 1 aliphatic rings. The van der Waals surface area contributed by atoms with Crippen molar-refractivity contribution in [3.8, 4) is 11.5 Å². The summed E-state index contributed by atoms with van der Waals surface area (Å²) in [5.74, 6) is 0.492. The number of nitrogens with zero attached hydrogens (tertiary/aromatic N) is 5. The molecule has 0 aliphatic carbocycles. The van der Waals surface area contributed by atoms with Crippen molar-refractivity contribution in [2.45, 2.75) is 13.8 Å². The highest BCUT2D eigenvalue weighted by Crippen LogP contribution is 2.29. The summed E-state index contributed by atoms with van der Waals surface area (Å²) in [6, 6.07) is 11.6. The SMILES string of the molecule is Cc1nc(Nc2ncc(C(=O)Nc3c(C)cccc3Cl)s2)cc(N2CCN(CCOCCOCCOCCNC(=O)c3cccc(O)c3O)CC2)n1. The van der Waals surface area contributed by atoms with Gasteiger partial charge in [-0.15, -0.1) is 0 Å². The highest BCUT2D eigenvalue weighted by Gasteiger charge is 2.20. The number of amides is 2. The molecule has 1 fully saturated rings. The zero-order chi connectivity index (χ0) is 36.9. The van der Waals surface area contributed by atoms with Crippen molar-refractivity contribution in [3.05, 3.63) is 75.5 Å². The number of aryl methyl sites for hydroxylation is 2. The van der Waals surface area contributed by atoms with Crippen molar-refractivity contribution in [1.82, 2.24) is 25.2 Å². The summed E-state index contributed by atoms with van der Waals surface area (Å²) in [5, 5.41) is 29.0. The second kappa shape index (κ2) is 19.3. The van der Waals surface area contributed by atoms with Crippen molar-refractivity contribution < 1.29 is 34.0 Å². The van der Waals surface area contributed by atoms with E-state index in [1.807, 2.05) is 32.0 Å². The van der Waals surface area contributed by atoms with Gasteiger partial charge in [0.2, 0.25) is 0 Å². The summed E-state index contributed by atoms with van der Waals surface area (Å²) >= 11 is 7.50. The number of anilines is 4. The fourth-order valence-electron chi connectivity index (χ4n) is 5.27. The van der Waals surface area contributed by atoms with Crippen LogP contribution >= 0.6 is 22.9 Å². The summed E-state index contributed by atoms with van der Waals surface area (Å²) < 4.78 is 16.8. The Morgan fingerprint density at radius 2 is 1.62 bits per heavy atom. The minimum absolute atomic E-state index is 0.00448. The van der Waals surface area contributed by atoms with E-state index >= 15 is 0 Å². The normalized spacial score (nSPS) is 13.2. The van der Waals surface area contributed by atoms with E-state index in [4.69, 9.17) is 25.8 Å². The first-order valence-electron chi connectivity index (χ1n) is 16.8. The number of piperazine rings is 1. The zero-order valence-corrected chi connectivity index (χ0v) is 30.6. The lowest BCUT2D eigenvalue weighted by atomic mass is 10.1. The number of carbonyl (C=O) groups is 2. The Balaban J connectivity index is 0.926. The maximum atomic E-state index is 12.9. The molecular weight excluding hydrogens is 712 g/mol. The number of hydrogen-bond donors (Lipinski definition) is 5. The quantitative estimate of drug-likeness (QED) is 0.0720. The van der Waals surface area contributed by atoms with E-state index in [1.165, 1.54) is 35.7 Å². The molecule has 52 heavy (non-hydrogen) atoms. The van der Waals surface area contributed by atoms with E-state index in [9.17, 15) is 19.8 Å². The number of benzene rings is 2. The van der Waals surface area contributed by atoms with Gasteiger partial charge in [-0.3, -0.25) is 14.5 Å². The van der Waals surface area contributed by atoms with Gasteiger partial charge in [-0.1, -0.05) is 41.1 Å². The number of halogens is 1. The van der Waals surface area contributed by atoms with Gasteiger partial charge in [-0.25, -0.2) is 15.0 Å². The Kier molecular flexibility index (Phi) is 14.4. The molecule has 5 N–H and O–H groups in total. The average molecular weight is 755 g/mol. The van der Waals surface area contributed by atoms with Crippen LogP contribution in [0.1, 0.15) is 31.4 Å². The van der Waals surface area contributed by atoms with Gasteiger partial charge < -0.3 is 45.3 Å². The molecule has 5 rings (SSSR count). The summed E-state index contributed by atoms with van der Waals surface area (Å²) in [4.78, 5) is 43.5. The largest absolute Gasteiger partial charge is 0.504 e. The zero-order valence-electron chi connectivity index (χ0n) is 29.1. The summed E-state index contributed by atoms with van der Waals surface area (Å²) in [6.07, 6.45) is 1.53. The number of rotatable bonds is 18. The fraction of sp³-hybridized carbons (Fsp3) is 0.400. The molecule has 0 bridgehead atoms. The lowest BCUT2D eigenvalue weighted by molar-refractivity contribution is 0.0109. The molecule has 15 nitrogen and oxygen atoms in total. The number of aromatic nitrogens is 3. The van der Waals surface area contributed by atoms with Crippen LogP contribution in [-0.2, 0) is 14.2 Å². The first-order chi connectivity index (χ1) is 25.2. The molecule has 2 aromatic carbocycles. The summed E-state index contributed by atoms with van der Waals surface area (Å²) in [6.45, 7) is 10.7. The minimum Gasteiger partial charge on any atom is -0.504 e. The number of phenols is 2. The van der Waals surface area contributed by atoms with Crippen molar-refractivity contribution in [2.24, 2.45) is 0 Å². The third kappa shape index (κ3) is 11.2. The third-order valence-electron chi connectivity index (χ3n) is 8.03. The van der Waals surface area contributed by atoms with Gasteiger partial charge in [0, 0.05) is 45.3 Å². The predicted octanol–water partition coefficient (Wildman–Crippen LogP) is 4.21. The predicted molar refractivity (Wildman–Crippen MR) is 200 cm³/mol. The van der Waals surface area contributed by atoms with Gasteiger partial charge in [-0.2, -0.15) is 0 Å². The Morgan fingerprint density at radius 1 is 0.904 bits per heavy atom. The molecule has 1 aliphatic heterocycles. The topological polar surface area (TPSA) is 184 Å². The summed E-state index contributed by atoms with van der Waals surface area (Å²) in [5.41, 5.74) is 1.46. The Hall–Kier alpha value is -4.58. The standard InChI is InChI=1S/C35H43ClN8O7S/c1-23-5-3-7-26(36)31(23)42-34(48)28-22-38-35(52-28)41-29-21-30(40-24(2)39-29)44-12-10-43(11-13-44)14-16-50-18-20-51-19-17-49-15-9-37-33(47)25-6-4-8-27(45)32(25)46/h3-8,21-22,45-46H,9-20H2,1-2H3,(H,37,47)(H,42,48)(H,38,39,40,41). The number of hydrogen-bond acceptors (Lipinski definition) is 14. The van der Waals surface area contributed by atoms with Gasteiger partial charge >= 0.3 is 0 Å². The highest BCUT2D eigenvalue weighted by atomic mass is 35.5. The maximum Gasteiger partial charge on any atom is 0.267 e. The molecule has 0 saturated carbocycles. The molecule has 0 unspecified atom stereocenters. The van der Waals surface area contributed by atoms with Crippen LogP contribution in [0.5, 0.6) is 11.5 Å². The molecule has 278 valence electrons. The monoisotopic (exact) mass is 754 g/mol. The van der Waals surface area contributed by atoms with Gasteiger partial charge in [0.1, 0.15) is 22.3 Å². The van der Waals surface area contributed by atoms with Crippen LogP contribution < -0.4 is 20.9 Å². The maximum absolute atomic E-state index is 12.9. The smallest absolute Gasteiger partial charge is 0.267 e. The van der Waals surface area contributed by atoms with Crippen LogP contribution in [0.2, 0.25) is 5.02 Å². The van der Waals surface area contributed by atoms with Gasteiger partial charge in [0.15, 0.2) is 16.6 Å². The fourth-order valence-corrected chi connectivity index (χ4v) is 6.26. The van der Waals surface area contributed by atoms with Crippen molar-refractivity contribution >= 4 is 57.2 Å². The van der Waals surface area contributed by atoms with E-state index in [1.54, 1.807) is 6.07 Å². The number of carbonyl (C=O) groups excluding carboxylic acids is 2. The number of ether oxygens (including phenoxy) is 3. The molecule has 2 aromatic heterocycles. The number of para-hydroxylation sites is 2. The molecule has 0 atom stereocenters. The molecule has 4 aromatic rings. The molecule has 3 heterocycles. The number of phenolic OH excluding ortho intramolecular Hbond substituents is 2. The molecule has 17 heteroatoms. The van der Waals surface area contributed by atoms with Crippen LogP contribution in [0.3, 0.4) is 0 Å². The van der Waals surface area contributed by atoms with Crippen LogP contribution in [0, 0.1) is 13.8 Å². The number of aromatic hydroxyl groups is 2. The average Bonchev–Trinajstić information content (AvgIpc) is 3.60. The lowest BCUT2D eigenvalue weighted by Gasteiger charge is -2.35. The van der Waals surface area contributed by atoms with Gasteiger partial charge in [0.05, 0.1) is 62.1 Å². The lowest BCUT2D eigenvalue weighted by Crippen LogP contribution is -2.47. The van der Waals surface area contributed by atoms with E-state index in [2.05, 4.69) is 40.7 Å². The van der Waals surface area contributed by atoms with Crippen LogP contribution in [0.15, 0.2) is 48.7 Å². The van der Waals surface area contributed by atoms with Gasteiger partial charge in [0.25, 0.3) is 11.8 Å². The van der Waals surface area contributed by atoms with Crippen LogP contribution in [-0.4, -0.2) is 121 Å². The Labute approximate surface area is 310 Å². The second-order valence-electron chi connectivity index (χ2n) is 11.8. The summed E-state index contributed by atoms with van der Waals surface area (Å²) in [7, 11) is 0. The molecule has 0 radical (unpaired) electrons. The molecular formula is C35H43ClN8O7S. The van der Waals surface area contributed by atoms with E-state index in [0.717, 1.165) is 44.1 Å².